The first-order valence-corrected chi connectivity index (χ1v) is 8.07. The van der Waals surface area contributed by atoms with Gasteiger partial charge in [-0.15, -0.1) is 10.2 Å². The zero-order chi connectivity index (χ0) is 18.1. The Hall–Kier alpha value is -3.35. The van der Waals surface area contributed by atoms with E-state index < -0.39 is 11.6 Å². The van der Waals surface area contributed by atoms with Gasteiger partial charge in [-0.25, -0.2) is 8.78 Å². The number of rotatable bonds is 3. The summed E-state index contributed by atoms with van der Waals surface area (Å²) in [6.45, 7) is 0.598. The molecule has 0 saturated heterocycles. The Balaban J connectivity index is 1.52. The second kappa shape index (κ2) is 6.51. The van der Waals surface area contributed by atoms with Gasteiger partial charge in [0.15, 0.2) is 11.5 Å². The molecule has 0 spiro atoms. The lowest BCUT2D eigenvalue weighted by Crippen LogP contribution is -2.29. The van der Waals surface area contributed by atoms with Gasteiger partial charge >= 0.3 is 0 Å². The Morgan fingerprint density at radius 3 is 2.65 bits per heavy atom. The topological polar surface area (TPSA) is 58.1 Å². The van der Waals surface area contributed by atoms with Crippen LogP contribution in [-0.2, 0) is 6.42 Å². The van der Waals surface area contributed by atoms with E-state index in [1.807, 2.05) is 24.3 Å². The summed E-state index contributed by atoms with van der Waals surface area (Å²) in [5.74, 6) is -1.37. The zero-order valence-electron chi connectivity index (χ0n) is 13.6. The molecular formula is C19H14F2N4O. The SMILES string of the molecule is O=C(c1ccc(Nc2ccc(F)cc2F)nn1)N1CCc2ccccc21. The number of carbonyl (C=O) groups excluding carboxylic acids is 1. The molecule has 1 aliphatic heterocycles. The van der Waals surface area contributed by atoms with Gasteiger partial charge in [0.25, 0.3) is 5.91 Å². The molecule has 0 bridgehead atoms. The van der Waals surface area contributed by atoms with E-state index in [0.717, 1.165) is 29.8 Å². The number of carbonyl (C=O) groups is 1. The molecule has 0 fully saturated rings. The van der Waals surface area contributed by atoms with Crippen LogP contribution in [0, 0.1) is 11.6 Å². The predicted octanol–water partition coefficient (Wildman–Crippen LogP) is 3.70. The highest BCUT2D eigenvalue weighted by Gasteiger charge is 2.26. The minimum atomic E-state index is -0.736. The van der Waals surface area contributed by atoms with Crippen molar-refractivity contribution in [1.29, 1.82) is 0 Å². The maximum atomic E-state index is 13.7. The molecule has 0 atom stereocenters. The Bertz CT molecular complexity index is 976. The van der Waals surface area contributed by atoms with Crippen LogP contribution in [0.25, 0.3) is 0 Å². The molecular weight excluding hydrogens is 338 g/mol. The van der Waals surface area contributed by atoms with Gasteiger partial charge < -0.3 is 10.2 Å². The predicted molar refractivity (Wildman–Crippen MR) is 93.5 cm³/mol. The maximum absolute atomic E-state index is 13.7. The van der Waals surface area contributed by atoms with Crippen LogP contribution in [0.3, 0.4) is 0 Å². The number of nitrogens with zero attached hydrogens (tertiary/aromatic N) is 3. The minimum absolute atomic E-state index is 0.0771. The Kier molecular flexibility index (Phi) is 4.04. The lowest BCUT2D eigenvalue weighted by Gasteiger charge is -2.16. The molecule has 4 rings (SSSR count). The fourth-order valence-corrected chi connectivity index (χ4v) is 2.93. The normalized spacial score (nSPS) is 12.8. The van der Waals surface area contributed by atoms with Gasteiger partial charge in [0, 0.05) is 18.3 Å². The van der Waals surface area contributed by atoms with Crippen molar-refractivity contribution >= 4 is 23.1 Å². The molecule has 7 heteroatoms. The lowest BCUT2D eigenvalue weighted by molar-refractivity contribution is 0.0983. The van der Waals surface area contributed by atoms with Crippen molar-refractivity contribution in [3.05, 3.63) is 77.5 Å². The average molecular weight is 352 g/mol. The number of benzene rings is 2. The second-order valence-electron chi connectivity index (χ2n) is 5.89. The highest BCUT2D eigenvalue weighted by Crippen LogP contribution is 2.28. The van der Waals surface area contributed by atoms with Crippen molar-refractivity contribution in [3.8, 4) is 0 Å². The minimum Gasteiger partial charge on any atom is -0.336 e. The molecule has 0 radical (unpaired) electrons. The van der Waals surface area contributed by atoms with Gasteiger partial charge in [-0.3, -0.25) is 4.79 Å². The Morgan fingerprint density at radius 2 is 1.88 bits per heavy atom. The lowest BCUT2D eigenvalue weighted by atomic mass is 10.2. The summed E-state index contributed by atoms with van der Waals surface area (Å²) in [7, 11) is 0. The quantitative estimate of drug-likeness (QED) is 0.781. The van der Waals surface area contributed by atoms with E-state index in [1.165, 1.54) is 18.2 Å². The third-order valence-electron chi connectivity index (χ3n) is 4.21. The Labute approximate surface area is 148 Å². The molecule has 1 aliphatic rings. The molecule has 1 aromatic heterocycles. The van der Waals surface area contributed by atoms with Crippen LogP contribution in [0.1, 0.15) is 16.1 Å². The van der Waals surface area contributed by atoms with Gasteiger partial charge in [0.1, 0.15) is 11.6 Å². The van der Waals surface area contributed by atoms with Crippen molar-refractivity contribution in [1.82, 2.24) is 10.2 Å². The van der Waals surface area contributed by atoms with E-state index in [9.17, 15) is 13.6 Å². The van der Waals surface area contributed by atoms with E-state index in [4.69, 9.17) is 0 Å². The largest absolute Gasteiger partial charge is 0.336 e. The first kappa shape index (κ1) is 16.1. The van der Waals surface area contributed by atoms with Crippen LogP contribution in [0.5, 0.6) is 0 Å². The number of hydrogen-bond donors (Lipinski definition) is 1. The molecule has 26 heavy (non-hydrogen) atoms. The molecule has 1 N–H and O–H groups in total. The van der Waals surface area contributed by atoms with Gasteiger partial charge in [-0.1, -0.05) is 18.2 Å². The third-order valence-corrected chi connectivity index (χ3v) is 4.21. The number of anilines is 3. The van der Waals surface area contributed by atoms with Crippen LogP contribution in [0.4, 0.5) is 26.0 Å². The summed E-state index contributed by atoms with van der Waals surface area (Å²) in [5.41, 5.74) is 2.29. The van der Waals surface area contributed by atoms with Gasteiger partial charge in [-0.05, 0) is 42.3 Å². The molecule has 5 nitrogen and oxygen atoms in total. The van der Waals surface area contributed by atoms with Crippen molar-refractivity contribution in [2.24, 2.45) is 0 Å². The number of halogens is 2. The zero-order valence-corrected chi connectivity index (χ0v) is 13.6. The average Bonchev–Trinajstić information content (AvgIpc) is 3.08. The number of para-hydroxylation sites is 1. The third kappa shape index (κ3) is 2.99. The van der Waals surface area contributed by atoms with Crippen molar-refractivity contribution in [2.45, 2.75) is 6.42 Å². The van der Waals surface area contributed by atoms with Crippen LogP contribution in [-0.4, -0.2) is 22.6 Å². The van der Waals surface area contributed by atoms with Crippen molar-refractivity contribution < 1.29 is 13.6 Å². The number of nitrogens with one attached hydrogen (secondary N) is 1. The maximum Gasteiger partial charge on any atom is 0.278 e. The fraction of sp³-hybridized carbons (Fsp3) is 0.105. The fourth-order valence-electron chi connectivity index (χ4n) is 2.93. The second-order valence-corrected chi connectivity index (χ2v) is 5.89. The van der Waals surface area contributed by atoms with Crippen molar-refractivity contribution in [3.63, 3.8) is 0 Å². The summed E-state index contributed by atoms with van der Waals surface area (Å²) in [6.07, 6.45) is 0.804. The van der Waals surface area contributed by atoms with Gasteiger partial charge in [0.2, 0.25) is 0 Å². The van der Waals surface area contributed by atoms with Crippen molar-refractivity contribution in [2.75, 3.05) is 16.8 Å². The van der Waals surface area contributed by atoms with Gasteiger partial charge in [-0.2, -0.15) is 0 Å². The first-order valence-electron chi connectivity index (χ1n) is 8.07. The highest BCUT2D eigenvalue weighted by molar-refractivity contribution is 6.06. The molecule has 0 aliphatic carbocycles. The monoisotopic (exact) mass is 352 g/mol. The van der Waals surface area contributed by atoms with Crippen LogP contribution >= 0.6 is 0 Å². The smallest absolute Gasteiger partial charge is 0.278 e. The van der Waals surface area contributed by atoms with Crippen LogP contribution in [0.15, 0.2) is 54.6 Å². The molecule has 0 saturated carbocycles. The van der Waals surface area contributed by atoms with Gasteiger partial charge in [0.05, 0.1) is 5.69 Å². The summed E-state index contributed by atoms with van der Waals surface area (Å²) < 4.78 is 26.6. The number of amides is 1. The molecule has 0 unspecified atom stereocenters. The highest BCUT2D eigenvalue weighted by atomic mass is 19.1. The molecule has 130 valence electrons. The number of aromatic nitrogens is 2. The molecule has 2 heterocycles. The summed E-state index contributed by atoms with van der Waals surface area (Å²) in [6, 6.07) is 14.0. The van der Waals surface area contributed by atoms with E-state index in [1.54, 1.807) is 4.90 Å². The summed E-state index contributed by atoms with van der Waals surface area (Å²) in [5, 5.41) is 10.6. The van der Waals surface area contributed by atoms with E-state index in [0.29, 0.717) is 6.54 Å². The van der Waals surface area contributed by atoms with E-state index in [-0.39, 0.29) is 23.1 Å². The number of fused-ring (bicyclic) bond motifs is 1. The van der Waals surface area contributed by atoms with E-state index >= 15 is 0 Å². The van der Waals surface area contributed by atoms with Crippen LogP contribution in [0.2, 0.25) is 0 Å². The number of hydrogen-bond acceptors (Lipinski definition) is 4. The van der Waals surface area contributed by atoms with Crippen LogP contribution < -0.4 is 10.2 Å². The molecule has 1 amide bonds. The van der Waals surface area contributed by atoms with E-state index in [2.05, 4.69) is 15.5 Å². The molecule has 3 aromatic rings. The summed E-state index contributed by atoms with van der Waals surface area (Å²) in [4.78, 5) is 14.3. The first-order chi connectivity index (χ1) is 12.6. The molecule has 2 aromatic carbocycles. The Morgan fingerprint density at radius 1 is 1.04 bits per heavy atom. The summed E-state index contributed by atoms with van der Waals surface area (Å²) >= 11 is 0. The standard InChI is InChI=1S/C19H14F2N4O/c20-13-5-6-15(14(21)11-13)22-18-8-7-16(23-24-18)19(26)25-10-9-12-3-1-2-4-17(12)25/h1-8,11H,9-10H2,(H,22,24).